The van der Waals surface area contributed by atoms with Gasteiger partial charge in [0.05, 0.1) is 30.9 Å². The number of hydrogen-bond donors (Lipinski definition) is 2. The van der Waals surface area contributed by atoms with Crippen LogP contribution in [0.4, 0.5) is 25.1 Å². The second kappa shape index (κ2) is 13.2. The number of methoxy groups -OCH3 is 2. The lowest BCUT2D eigenvalue weighted by Crippen LogP contribution is -2.29. The molecule has 2 aromatic carbocycles. The number of rotatable bonds is 11. The summed E-state index contributed by atoms with van der Waals surface area (Å²) in [5.74, 6) is -2.60. The van der Waals surface area contributed by atoms with Crippen LogP contribution in [0.1, 0.15) is 11.3 Å². The molecule has 240 valence electrons. The third-order valence-electron chi connectivity index (χ3n) is 6.74. The van der Waals surface area contributed by atoms with E-state index in [0.717, 1.165) is 5.56 Å². The first-order chi connectivity index (χ1) is 22.0. The number of halogens is 3. The van der Waals surface area contributed by atoms with Gasteiger partial charge in [0.2, 0.25) is 11.9 Å². The first-order valence-electron chi connectivity index (χ1n) is 13.7. The number of carbonyl (C=O) groups excluding carboxylic acids is 1. The van der Waals surface area contributed by atoms with Crippen molar-refractivity contribution in [2.45, 2.75) is 19.6 Å². The van der Waals surface area contributed by atoms with Gasteiger partial charge in [-0.3, -0.25) is 25.0 Å². The number of benzene rings is 2. The number of anilines is 2. The predicted octanol–water partition coefficient (Wildman–Crippen LogP) is 4.31. The summed E-state index contributed by atoms with van der Waals surface area (Å²) < 4.78 is 60.7. The SMILES string of the molecule is COc1cc2nc(Nc3nc4ccc(OCCN(C)Cc5cccnc5)c(OC(=O)C(F)(F)F)c4c(=O)[nH]3)nc(C)c2cc1OC. The Bertz CT molecular complexity index is 1950. The van der Waals surface area contributed by atoms with Gasteiger partial charge in [-0.1, -0.05) is 6.07 Å². The highest BCUT2D eigenvalue weighted by atomic mass is 19.4. The van der Waals surface area contributed by atoms with Crippen molar-refractivity contribution in [3.63, 3.8) is 0 Å². The molecule has 5 rings (SSSR count). The number of pyridine rings is 1. The van der Waals surface area contributed by atoms with Crippen LogP contribution in [0.25, 0.3) is 21.8 Å². The third kappa shape index (κ3) is 7.07. The van der Waals surface area contributed by atoms with Gasteiger partial charge < -0.3 is 18.9 Å². The van der Waals surface area contributed by atoms with Crippen LogP contribution in [0.2, 0.25) is 0 Å². The van der Waals surface area contributed by atoms with Gasteiger partial charge in [0.1, 0.15) is 12.0 Å². The second-order valence-corrected chi connectivity index (χ2v) is 10.0. The second-order valence-electron chi connectivity index (χ2n) is 10.0. The average molecular weight is 640 g/mol. The van der Waals surface area contributed by atoms with Crippen molar-refractivity contribution in [1.82, 2.24) is 29.8 Å². The standard InChI is InChI=1S/C30H28F3N7O6/c1-16-18-12-22(43-3)23(44-4)13-20(18)37-28(35-16)39-29-36-19-7-8-21(45-11-10-40(2)15-17-6-5-9-34-14-17)25(24(19)26(41)38-29)46-27(42)30(31,32)33/h5-9,12-14H,10-11,15H2,1-4H3,(H2,35,36,37,38,39,41). The maximum absolute atomic E-state index is 13.3. The molecule has 0 aliphatic heterocycles. The van der Waals surface area contributed by atoms with E-state index in [4.69, 9.17) is 14.2 Å². The van der Waals surface area contributed by atoms with E-state index in [-0.39, 0.29) is 29.8 Å². The number of likely N-dealkylation sites (N-methyl/N-ethyl adjacent to an activating group) is 1. The van der Waals surface area contributed by atoms with Crippen molar-refractivity contribution in [3.8, 4) is 23.0 Å². The number of fused-ring (bicyclic) bond motifs is 2. The molecule has 0 spiro atoms. The summed E-state index contributed by atoms with van der Waals surface area (Å²) in [4.78, 5) is 46.7. The van der Waals surface area contributed by atoms with Gasteiger partial charge in [-0.15, -0.1) is 0 Å². The molecule has 16 heteroatoms. The molecular weight excluding hydrogens is 611 g/mol. The summed E-state index contributed by atoms with van der Waals surface area (Å²) in [6, 6.07) is 9.71. The third-order valence-corrected chi connectivity index (χ3v) is 6.74. The first-order valence-corrected chi connectivity index (χ1v) is 13.7. The largest absolute Gasteiger partial charge is 0.493 e. The number of aromatic amines is 1. The van der Waals surface area contributed by atoms with E-state index in [9.17, 15) is 22.8 Å². The number of esters is 1. The zero-order valence-corrected chi connectivity index (χ0v) is 25.1. The topological polar surface area (TPSA) is 154 Å². The summed E-state index contributed by atoms with van der Waals surface area (Å²) in [6.07, 6.45) is -1.97. The number of alkyl halides is 3. The normalized spacial score (nSPS) is 11.6. The molecule has 0 amide bonds. The Morgan fingerprint density at radius 1 is 1.02 bits per heavy atom. The Hall–Kier alpha value is -5.51. The van der Waals surface area contributed by atoms with Crippen molar-refractivity contribution in [3.05, 3.63) is 70.4 Å². The number of nitrogens with zero attached hydrogens (tertiary/aromatic N) is 5. The zero-order valence-electron chi connectivity index (χ0n) is 25.1. The first kappa shape index (κ1) is 31.9. The molecule has 0 atom stereocenters. The van der Waals surface area contributed by atoms with Gasteiger partial charge in [-0.25, -0.2) is 19.7 Å². The number of ether oxygens (including phenoxy) is 4. The molecule has 46 heavy (non-hydrogen) atoms. The molecule has 5 aromatic rings. The minimum Gasteiger partial charge on any atom is -0.493 e. The Morgan fingerprint density at radius 2 is 1.78 bits per heavy atom. The van der Waals surface area contributed by atoms with Gasteiger partial charge >= 0.3 is 12.1 Å². The molecular formula is C30H28F3N7O6. The van der Waals surface area contributed by atoms with Crippen LogP contribution in [-0.4, -0.2) is 76.4 Å². The molecule has 0 bridgehead atoms. The van der Waals surface area contributed by atoms with Gasteiger partial charge in [0.25, 0.3) is 5.56 Å². The van der Waals surface area contributed by atoms with E-state index in [1.165, 1.54) is 26.4 Å². The van der Waals surface area contributed by atoms with E-state index >= 15 is 0 Å². The quantitative estimate of drug-likeness (QED) is 0.156. The molecule has 0 aliphatic carbocycles. The van der Waals surface area contributed by atoms with E-state index in [1.54, 1.807) is 37.5 Å². The number of carbonyl (C=O) groups is 1. The minimum absolute atomic E-state index is 0.000870. The van der Waals surface area contributed by atoms with Crippen molar-refractivity contribution in [1.29, 1.82) is 0 Å². The van der Waals surface area contributed by atoms with Gasteiger partial charge in [0, 0.05) is 36.9 Å². The Kier molecular flexibility index (Phi) is 9.18. The van der Waals surface area contributed by atoms with E-state index in [0.29, 0.717) is 41.2 Å². The fourth-order valence-electron chi connectivity index (χ4n) is 4.57. The number of aryl methyl sites for hydroxylation is 1. The molecule has 0 saturated carbocycles. The van der Waals surface area contributed by atoms with Crippen LogP contribution in [0.5, 0.6) is 23.0 Å². The molecule has 0 saturated heterocycles. The highest BCUT2D eigenvalue weighted by molar-refractivity contribution is 5.91. The molecule has 0 aliphatic rings. The summed E-state index contributed by atoms with van der Waals surface area (Å²) >= 11 is 0. The number of hydrogen-bond acceptors (Lipinski definition) is 12. The summed E-state index contributed by atoms with van der Waals surface area (Å²) in [5, 5.41) is 3.08. The van der Waals surface area contributed by atoms with Crippen LogP contribution >= 0.6 is 0 Å². The van der Waals surface area contributed by atoms with Crippen molar-refractivity contribution >= 4 is 39.7 Å². The lowest BCUT2D eigenvalue weighted by atomic mass is 10.1. The maximum atomic E-state index is 13.3. The molecule has 2 N–H and O–H groups in total. The van der Waals surface area contributed by atoms with Crippen LogP contribution in [0.3, 0.4) is 0 Å². The number of nitrogens with one attached hydrogen (secondary N) is 2. The van der Waals surface area contributed by atoms with Crippen molar-refractivity contribution in [2.75, 3.05) is 39.7 Å². The lowest BCUT2D eigenvalue weighted by Gasteiger charge is -2.18. The van der Waals surface area contributed by atoms with Gasteiger partial charge in [-0.2, -0.15) is 13.2 Å². The molecule has 0 fully saturated rings. The summed E-state index contributed by atoms with van der Waals surface area (Å²) in [5.41, 5.74) is 1.04. The zero-order chi connectivity index (χ0) is 33.0. The van der Waals surface area contributed by atoms with Crippen LogP contribution in [0.15, 0.2) is 53.6 Å². The fraction of sp³-hybridized carbons (Fsp3) is 0.267. The van der Waals surface area contributed by atoms with Gasteiger partial charge in [-0.05, 0) is 43.8 Å². The Labute approximate surface area is 259 Å². The minimum atomic E-state index is -5.33. The van der Waals surface area contributed by atoms with E-state index < -0.39 is 28.8 Å². The molecule has 3 aromatic heterocycles. The maximum Gasteiger partial charge on any atom is 0.491 e. The number of aromatic nitrogens is 5. The molecule has 3 heterocycles. The lowest BCUT2D eigenvalue weighted by molar-refractivity contribution is -0.189. The van der Waals surface area contributed by atoms with Crippen LogP contribution in [-0.2, 0) is 11.3 Å². The fourth-order valence-corrected chi connectivity index (χ4v) is 4.57. The van der Waals surface area contributed by atoms with Crippen molar-refractivity contribution in [2.24, 2.45) is 0 Å². The summed E-state index contributed by atoms with van der Waals surface area (Å²) in [7, 11) is 4.81. The summed E-state index contributed by atoms with van der Waals surface area (Å²) in [6.45, 7) is 2.63. The molecule has 0 unspecified atom stereocenters. The van der Waals surface area contributed by atoms with E-state index in [2.05, 4.69) is 35.0 Å². The van der Waals surface area contributed by atoms with Crippen LogP contribution in [0, 0.1) is 6.92 Å². The Morgan fingerprint density at radius 3 is 2.48 bits per heavy atom. The number of H-pyrrole nitrogens is 1. The smallest absolute Gasteiger partial charge is 0.491 e. The average Bonchev–Trinajstić information content (AvgIpc) is 3.01. The highest BCUT2D eigenvalue weighted by Gasteiger charge is 2.42. The van der Waals surface area contributed by atoms with Crippen LogP contribution < -0.4 is 29.8 Å². The Balaban J connectivity index is 1.44. The molecule has 0 radical (unpaired) electrons. The monoisotopic (exact) mass is 639 g/mol. The predicted molar refractivity (Wildman–Crippen MR) is 161 cm³/mol. The van der Waals surface area contributed by atoms with Crippen molar-refractivity contribution < 1.29 is 36.9 Å². The molecule has 13 nitrogen and oxygen atoms in total. The van der Waals surface area contributed by atoms with E-state index in [1.807, 2.05) is 18.0 Å². The highest BCUT2D eigenvalue weighted by Crippen LogP contribution is 2.36. The van der Waals surface area contributed by atoms with Gasteiger partial charge in [0.15, 0.2) is 23.0 Å².